The molecule has 4 aromatic rings. The largest absolute Gasteiger partial charge is 0.494 e. The summed E-state index contributed by atoms with van der Waals surface area (Å²) < 4.78 is 10.7. The Morgan fingerprint density at radius 3 is 2.24 bits per heavy atom. The van der Waals surface area contributed by atoms with E-state index < -0.39 is 23.9 Å². The van der Waals surface area contributed by atoms with Gasteiger partial charge in [0.1, 0.15) is 11.8 Å². The van der Waals surface area contributed by atoms with Crippen LogP contribution in [0.2, 0.25) is 0 Å². The first-order chi connectivity index (χ1) is 21.9. The van der Waals surface area contributed by atoms with Crippen LogP contribution in [0, 0.1) is 0 Å². The first-order valence-corrected chi connectivity index (χ1v) is 14.8. The number of rotatable bonds is 14. The summed E-state index contributed by atoms with van der Waals surface area (Å²) >= 11 is 0. The van der Waals surface area contributed by atoms with Crippen molar-refractivity contribution >= 4 is 17.8 Å². The van der Waals surface area contributed by atoms with Crippen LogP contribution in [0.4, 0.5) is 4.79 Å². The number of benzene rings is 3. The Bertz CT molecular complexity index is 1550. The highest BCUT2D eigenvalue weighted by atomic mass is 16.5. The van der Waals surface area contributed by atoms with Crippen molar-refractivity contribution in [1.82, 2.24) is 20.5 Å². The predicted molar refractivity (Wildman–Crippen MR) is 172 cm³/mol. The monoisotopic (exact) mass is 609 g/mol. The molecule has 10 nitrogen and oxygen atoms in total. The molecule has 45 heavy (non-hydrogen) atoms. The highest BCUT2D eigenvalue weighted by Gasteiger charge is 2.31. The molecule has 234 valence electrons. The number of carbonyl (C=O) groups excluding carboxylic acids is 3. The molecule has 0 unspecified atom stereocenters. The van der Waals surface area contributed by atoms with Gasteiger partial charge in [0.2, 0.25) is 5.88 Å². The summed E-state index contributed by atoms with van der Waals surface area (Å²) in [7, 11) is 1.46. The van der Waals surface area contributed by atoms with Gasteiger partial charge in [-0.25, -0.2) is 9.78 Å². The summed E-state index contributed by atoms with van der Waals surface area (Å²) in [5, 5.41) is 5.73. The Labute approximate surface area is 263 Å². The standard InChI is InChI=1S/C35H39N5O5/c1-3-45-30-15-13-26(14-16-30)21-31(39-33(41)29-17-19-37-32(22-29)44-2)34(42)40(20-18-25-7-5-4-6-8-25)35(43)38-24-28-11-9-27(23-36)10-12-28/h4-17,19,22,31H,3,18,20-21,23-24,36H2,1-2H3,(H,38,43)(H,39,41)/t31-/m1/s1. The van der Waals surface area contributed by atoms with E-state index >= 15 is 0 Å². The number of amides is 4. The number of carbonyl (C=O) groups is 3. The predicted octanol–water partition coefficient (Wildman–Crippen LogP) is 4.27. The molecule has 0 radical (unpaired) electrons. The molecule has 0 saturated carbocycles. The highest BCUT2D eigenvalue weighted by Crippen LogP contribution is 2.16. The van der Waals surface area contributed by atoms with Crippen LogP contribution >= 0.6 is 0 Å². The maximum Gasteiger partial charge on any atom is 0.324 e. The van der Waals surface area contributed by atoms with Gasteiger partial charge in [-0.15, -0.1) is 0 Å². The molecule has 4 amide bonds. The fourth-order valence-electron chi connectivity index (χ4n) is 4.68. The van der Waals surface area contributed by atoms with Crippen LogP contribution in [0.3, 0.4) is 0 Å². The zero-order valence-corrected chi connectivity index (χ0v) is 25.6. The van der Waals surface area contributed by atoms with Crippen LogP contribution in [0.15, 0.2) is 97.2 Å². The van der Waals surface area contributed by atoms with Crippen molar-refractivity contribution in [3.8, 4) is 11.6 Å². The zero-order valence-electron chi connectivity index (χ0n) is 25.6. The van der Waals surface area contributed by atoms with Crippen LogP contribution < -0.4 is 25.8 Å². The number of aromatic nitrogens is 1. The summed E-state index contributed by atoms with van der Waals surface area (Å²) in [4.78, 5) is 46.5. The van der Waals surface area contributed by atoms with E-state index in [4.69, 9.17) is 15.2 Å². The zero-order chi connectivity index (χ0) is 32.0. The second-order valence-corrected chi connectivity index (χ2v) is 10.3. The molecule has 10 heteroatoms. The van der Waals surface area contributed by atoms with E-state index in [0.717, 1.165) is 22.3 Å². The van der Waals surface area contributed by atoms with Crippen molar-refractivity contribution in [1.29, 1.82) is 0 Å². The number of nitrogens with two attached hydrogens (primary N) is 1. The van der Waals surface area contributed by atoms with Crippen LogP contribution in [-0.4, -0.2) is 54.0 Å². The SMILES string of the molecule is CCOc1ccc(C[C@@H](NC(=O)c2ccnc(OC)c2)C(=O)N(CCc2ccccc2)C(=O)NCc2ccc(CN)cc2)cc1. The van der Waals surface area contributed by atoms with E-state index in [1.807, 2.05) is 85.8 Å². The second-order valence-electron chi connectivity index (χ2n) is 10.3. The molecule has 0 aliphatic carbocycles. The van der Waals surface area contributed by atoms with Crippen LogP contribution in [-0.2, 0) is 30.7 Å². The van der Waals surface area contributed by atoms with Crippen molar-refractivity contribution < 1.29 is 23.9 Å². The van der Waals surface area contributed by atoms with Crippen molar-refractivity contribution in [2.45, 2.75) is 38.9 Å². The topological polar surface area (TPSA) is 136 Å². The highest BCUT2D eigenvalue weighted by molar-refractivity contribution is 6.01. The Balaban J connectivity index is 1.60. The van der Waals surface area contributed by atoms with Crippen molar-refractivity contribution in [2.24, 2.45) is 5.73 Å². The minimum Gasteiger partial charge on any atom is -0.494 e. The van der Waals surface area contributed by atoms with Crippen molar-refractivity contribution in [3.05, 3.63) is 125 Å². The molecule has 3 aromatic carbocycles. The Morgan fingerprint density at radius 2 is 1.58 bits per heavy atom. The molecule has 0 aliphatic heterocycles. The van der Waals surface area contributed by atoms with E-state index in [-0.39, 0.29) is 31.0 Å². The van der Waals surface area contributed by atoms with E-state index in [9.17, 15) is 14.4 Å². The molecule has 0 bridgehead atoms. The molecule has 1 heterocycles. The number of imide groups is 1. The third-order valence-corrected chi connectivity index (χ3v) is 7.16. The van der Waals surface area contributed by atoms with E-state index in [2.05, 4.69) is 15.6 Å². The molecule has 1 atom stereocenters. The molecule has 4 rings (SSSR count). The van der Waals surface area contributed by atoms with Gasteiger partial charge < -0.3 is 25.8 Å². The van der Waals surface area contributed by atoms with Gasteiger partial charge >= 0.3 is 6.03 Å². The molecule has 0 saturated heterocycles. The van der Waals surface area contributed by atoms with Gasteiger partial charge in [-0.2, -0.15) is 0 Å². The molecule has 4 N–H and O–H groups in total. The lowest BCUT2D eigenvalue weighted by atomic mass is 10.0. The number of ether oxygens (including phenoxy) is 2. The lowest BCUT2D eigenvalue weighted by Gasteiger charge is -2.27. The molecule has 0 aliphatic rings. The average Bonchev–Trinajstić information content (AvgIpc) is 3.08. The van der Waals surface area contributed by atoms with Crippen molar-refractivity contribution in [2.75, 3.05) is 20.3 Å². The summed E-state index contributed by atoms with van der Waals surface area (Å²) in [6, 6.07) is 25.9. The lowest BCUT2D eigenvalue weighted by Crippen LogP contribution is -2.54. The maximum atomic E-state index is 14.2. The van der Waals surface area contributed by atoms with Gasteiger partial charge in [0, 0.05) is 43.9 Å². The van der Waals surface area contributed by atoms with Crippen LogP contribution in [0.25, 0.3) is 0 Å². The van der Waals surface area contributed by atoms with Gasteiger partial charge in [-0.3, -0.25) is 14.5 Å². The van der Waals surface area contributed by atoms with E-state index in [1.165, 1.54) is 30.3 Å². The Kier molecular flexibility index (Phi) is 12.0. The molecule has 0 spiro atoms. The fraction of sp³-hybridized carbons (Fsp3) is 0.257. The van der Waals surface area contributed by atoms with Gasteiger partial charge in [0.15, 0.2) is 0 Å². The Morgan fingerprint density at radius 1 is 0.889 bits per heavy atom. The number of hydrogen-bond donors (Lipinski definition) is 3. The lowest BCUT2D eigenvalue weighted by molar-refractivity contribution is -0.130. The van der Waals surface area contributed by atoms with E-state index in [1.54, 1.807) is 0 Å². The molecule has 0 fully saturated rings. The smallest absolute Gasteiger partial charge is 0.324 e. The third kappa shape index (κ3) is 9.64. The van der Waals surface area contributed by atoms with E-state index in [0.29, 0.717) is 25.3 Å². The van der Waals surface area contributed by atoms with Crippen LogP contribution in [0.1, 0.15) is 39.5 Å². The second kappa shape index (κ2) is 16.6. The molecular formula is C35H39N5O5. The van der Waals surface area contributed by atoms with Gasteiger partial charge in [0.25, 0.3) is 11.8 Å². The first-order valence-electron chi connectivity index (χ1n) is 14.8. The summed E-state index contributed by atoms with van der Waals surface area (Å²) in [5.41, 5.74) is 9.57. The summed E-state index contributed by atoms with van der Waals surface area (Å²) in [6.07, 6.45) is 2.04. The number of hydrogen-bond acceptors (Lipinski definition) is 7. The Hall–Kier alpha value is -5.22. The first kappa shape index (κ1) is 32.7. The number of methoxy groups -OCH3 is 1. The number of urea groups is 1. The van der Waals surface area contributed by atoms with Gasteiger partial charge in [0.05, 0.1) is 13.7 Å². The average molecular weight is 610 g/mol. The van der Waals surface area contributed by atoms with Gasteiger partial charge in [-0.05, 0) is 53.8 Å². The molecular weight excluding hydrogens is 570 g/mol. The van der Waals surface area contributed by atoms with Gasteiger partial charge in [-0.1, -0.05) is 66.7 Å². The summed E-state index contributed by atoms with van der Waals surface area (Å²) in [6.45, 7) is 3.16. The quantitative estimate of drug-likeness (QED) is 0.194. The fourth-order valence-corrected chi connectivity index (χ4v) is 4.68. The minimum absolute atomic E-state index is 0.111. The third-order valence-electron chi connectivity index (χ3n) is 7.16. The normalized spacial score (nSPS) is 11.3. The maximum absolute atomic E-state index is 14.2. The van der Waals surface area contributed by atoms with Crippen molar-refractivity contribution in [3.63, 3.8) is 0 Å². The van der Waals surface area contributed by atoms with Crippen LogP contribution in [0.5, 0.6) is 11.6 Å². The minimum atomic E-state index is -1.06. The number of nitrogens with one attached hydrogen (secondary N) is 2. The number of pyridine rings is 1. The molecule has 1 aromatic heterocycles. The summed E-state index contributed by atoms with van der Waals surface area (Å²) in [5.74, 6) is -0.0747. The number of nitrogens with zero attached hydrogens (tertiary/aromatic N) is 2.